The Balaban J connectivity index is 1.39. The number of aromatic amines is 1. The molecule has 136 valence electrons. The van der Waals surface area contributed by atoms with Crippen LogP contribution in [0.3, 0.4) is 0 Å². The molecule has 1 fully saturated rings. The van der Waals surface area contributed by atoms with Crippen molar-refractivity contribution in [3.05, 3.63) is 41.2 Å². The van der Waals surface area contributed by atoms with Gasteiger partial charge in [0.1, 0.15) is 24.9 Å². The molecule has 9 nitrogen and oxygen atoms in total. The van der Waals surface area contributed by atoms with Gasteiger partial charge in [0.2, 0.25) is 0 Å². The summed E-state index contributed by atoms with van der Waals surface area (Å²) in [6, 6.07) is 5.32. The van der Waals surface area contributed by atoms with Crippen LogP contribution in [-0.2, 0) is 20.3 Å². The molecule has 0 spiro atoms. The van der Waals surface area contributed by atoms with Crippen molar-refractivity contribution in [3.63, 3.8) is 0 Å². The van der Waals surface area contributed by atoms with Crippen molar-refractivity contribution >= 4 is 16.9 Å². The molecule has 4 N–H and O–H groups in total. The predicted octanol–water partition coefficient (Wildman–Crippen LogP) is 0.352. The summed E-state index contributed by atoms with van der Waals surface area (Å²) in [4.78, 5) is 19.7. The third kappa shape index (κ3) is 2.85. The topological polar surface area (TPSA) is 129 Å². The fourth-order valence-electron chi connectivity index (χ4n) is 3.36. The summed E-state index contributed by atoms with van der Waals surface area (Å²) in [6.45, 7) is -0.301. The third-order valence-electron chi connectivity index (χ3n) is 4.92. The highest BCUT2D eigenvalue weighted by Gasteiger charge is 2.35. The van der Waals surface area contributed by atoms with Crippen LogP contribution in [0.1, 0.15) is 46.6 Å². The standard InChI is InChI=1S/C17H20N6O3/c1-23-15(8-25)21-22-16(23)10-4-11(5-10)18-17(26)9-2-3-12-13(6-9)20-14(7-24)19-12/h2-3,6,10-11,24-25H,4-5,7-8H2,1H3,(H,18,26)(H,19,20). The van der Waals surface area contributed by atoms with Gasteiger partial charge in [0.05, 0.1) is 11.0 Å². The van der Waals surface area contributed by atoms with Crippen molar-refractivity contribution in [3.8, 4) is 0 Å². The van der Waals surface area contributed by atoms with Crippen LogP contribution in [0.5, 0.6) is 0 Å². The van der Waals surface area contributed by atoms with Crippen molar-refractivity contribution < 1.29 is 15.0 Å². The number of aromatic nitrogens is 5. The summed E-state index contributed by atoms with van der Waals surface area (Å²) < 4.78 is 1.81. The summed E-state index contributed by atoms with van der Waals surface area (Å²) >= 11 is 0. The quantitative estimate of drug-likeness (QED) is 0.522. The van der Waals surface area contributed by atoms with Gasteiger partial charge >= 0.3 is 0 Å². The number of aliphatic hydroxyl groups excluding tert-OH is 2. The SMILES string of the molecule is Cn1c(CO)nnc1C1CC(NC(=O)c2ccc3nc(CO)[nH]c3c2)C1. The zero-order valence-corrected chi connectivity index (χ0v) is 14.3. The molecule has 0 atom stereocenters. The molecular weight excluding hydrogens is 336 g/mol. The van der Waals surface area contributed by atoms with Gasteiger partial charge in [-0.15, -0.1) is 10.2 Å². The molecule has 1 aromatic carbocycles. The molecule has 0 aliphatic heterocycles. The molecule has 0 unspecified atom stereocenters. The molecule has 1 aliphatic rings. The number of aliphatic hydroxyl groups is 2. The van der Waals surface area contributed by atoms with Crippen LogP contribution in [0.2, 0.25) is 0 Å². The van der Waals surface area contributed by atoms with E-state index in [2.05, 4.69) is 25.5 Å². The zero-order valence-electron chi connectivity index (χ0n) is 14.3. The Morgan fingerprint density at radius 1 is 1.31 bits per heavy atom. The minimum absolute atomic E-state index is 0.0900. The number of hydrogen-bond acceptors (Lipinski definition) is 6. The number of amides is 1. The van der Waals surface area contributed by atoms with E-state index in [1.807, 2.05) is 11.6 Å². The monoisotopic (exact) mass is 356 g/mol. The number of rotatable bonds is 5. The average molecular weight is 356 g/mol. The third-order valence-corrected chi connectivity index (χ3v) is 4.92. The Bertz CT molecular complexity index is 957. The molecule has 0 bridgehead atoms. The summed E-state index contributed by atoms with van der Waals surface area (Å²) in [6.07, 6.45) is 1.59. The van der Waals surface area contributed by atoms with Crippen molar-refractivity contribution in [2.24, 2.45) is 7.05 Å². The van der Waals surface area contributed by atoms with E-state index in [1.165, 1.54) is 0 Å². The van der Waals surface area contributed by atoms with Crippen molar-refractivity contribution in [2.45, 2.75) is 38.0 Å². The molecule has 4 rings (SSSR count). The van der Waals surface area contributed by atoms with Gasteiger partial charge < -0.3 is 25.1 Å². The second-order valence-electron chi connectivity index (χ2n) is 6.60. The number of carbonyl (C=O) groups is 1. The van der Waals surface area contributed by atoms with E-state index in [4.69, 9.17) is 5.11 Å². The van der Waals surface area contributed by atoms with E-state index >= 15 is 0 Å². The Morgan fingerprint density at radius 3 is 2.81 bits per heavy atom. The van der Waals surface area contributed by atoms with E-state index in [0.717, 1.165) is 29.7 Å². The van der Waals surface area contributed by atoms with E-state index < -0.39 is 0 Å². The lowest BCUT2D eigenvalue weighted by Gasteiger charge is -2.35. The lowest BCUT2D eigenvalue weighted by molar-refractivity contribution is 0.0907. The summed E-state index contributed by atoms with van der Waals surface area (Å²) in [7, 11) is 1.84. The van der Waals surface area contributed by atoms with Crippen LogP contribution in [0.4, 0.5) is 0 Å². The number of H-pyrrole nitrogens is 1. The molecule has 1 aliphatic carbocycles. The molecule has 26 heavy (non-hydrogen) atoms. The number of carbonyl (C=O) groups excluding carboxylic acids is 1. The number of nitrogens with one attached hydrogen (secondary N) is 2. The van der Waals surface area contributed by atoms with Gasteiger partial charge in [-0.25, -0.2) is 4.98 Å². The number of nitrogens with zero attached hydrogens (tertiary/aromatic N) is 4. The molecule has 2 aromatic heterocycles. The van der Waals surface area contributed by atoms with Gasteiger partial charge in [-0.2, -0.15) is 0 Å². The Kier molecular flexibility index (Phi) is 4.17. The molecule has 2 heterocycles. The second kappa shape index (κ2) is 6.50. The Morgan fingerprint density at radius 2 is 2.12 bits per heavy atom. The fraction of sp³-hybridized carbons (Fsp3) is 0.412. The fourth-order valence-corrected chi connectivity index (χ4v) is 3.36. The van der Waals surface area contributed by atoms with Gasteiger partial charge in [-0.3, -0.25) is 4.79 Å². The lowest BCUT2D eigenvalue weighted by atomic mass is 9.79. The normalized spacial score (nSPS) is 19.5. The number of hydrogen-bond donors (Lipinski definition) is 4. The van der Waals surface area contributed by atoms with Crippen LogP contribution in [-0.4, -0.2) is 46.9 Å². The lowest BCUT2D eigenvalue weighted by Crippen LogP contribution is -2.44. The maximum atomic E-state index is 12.5. The van der Waals surface area contributed by atoms with Crippen molar-refractivity contribution in [1.29, 1.82) is 0 Å². The number of imidazole rings is 1. The molecule has 0 saturated heterocycles. The number of fused-ring (bicyclic) bond motifs is 1. The largest absolute Gasteiger partial charge is 0.388 e. The second-order valence-corrected chi connectivity index (χ2v) is 6.60. The van der Waals surface area contributed by atoms with E-state index in [9.17, 15) is 9.90 Å². The van der Waals surface area contributed by atoms with Crippen LogP contribution < -0.4 is 5.32 Å². The van der Waals surface area contributed by atoms with Crippen LogP contribution in [0, 0.1) is 0 Å². The first-order chi connectivity index (χ1) is 12.6. The smallest absolute Gasteiger partial charge is 0.251 e. The van der Waals surface area contributed by atoms with Gasteiger partial charge in [-0.1, -0.05) is 0 Å². The number of benzene rings is 1. The highest BCUT2D eigenvalue weighted by molar-refractivity contribution is 5.97. The van der Waals surface area contributed by atoms with E-state index in [1.54, 1.807) is 18.2 Å². The van der Waals surface area contributed by atoms with Crippen molar-refractivity contribution in [1.82, 2.24) is 30.0 Å². The van der Waals surface area contributed by atoms with Gasteiger partial charge in [0.15, 0.2) is 5.82 Å². The minimum Gasteiger partial charge on any atom is -0.388 e. The Hall–Kier alpha value is -2.78. The molecule has 0 radical (unpaired) electrons. The summed E-state index contributed by atoms with van der Waals surface area (Å²) in [5.41, 5.74) is 2.00. The first-order valence-electron chi connectivity index (χ1n) is 8.48. The summed E-state index contributed by atoms with van der Waals surface area (Å²) in [5.74, 6) is 1.97. The summed E-state index contributed by atoms with van der Waals surface area (Å²) in [5, 5.41) is 29.4. The van der Waals surface area contributed by atoms with Crippen LogP contribution in [0.15, 0.2) is 18.2 Å². The zero-order chi connectivity index (χ0) is 18.3. The molecule has 3 aromatic rings. The Labute approximate surface area is 149 Å². The van der Waals surface area contributed by atoms with Gasteiger partial charge in [0, 0.05) is 24.6 Å². The van der Waals surface area contributed by atoms with Crippen LogP contribution >= 0.6 is 0 Å². The molecule has 1 amide bonds. The van der Waals surface area contributed by atoms with Crippen LogP contribution in [0.25, 0.3) is 11.0 Å². The van der Waals surface area contributed by atoms with Gasteiger partial charge in [-0.05, 0) is 31.0 Å². The first kappa shape index (κ1) is 16.7. The van der Waals surface area contributed by atoms with E-state index in [0.29, 0.717) is 17.2 Å². The average Bonchev–Trinajstić information content (AvgIpc) is 3.19. The highest BCUT2D eigenvalue weighted by Crippen LogP contribution is 2.36. The highest BCUT2D eigenvalue weighted by atomic mass is 16.3. The van der Waals surface area contributed by atoms with Gasteiger partial charge in [0.25, 0.3) is 5.91 Å². The molecule has 9 heteroatoms. The minimum atomic E-state index is -0.167. The maximum Gasteiger partial charge on any atom is 0.251 e. The predicted molar refractivity (Wildman–Crippen MR) is 92.2 cm³/mol. The molecular formula is C17H20N6O3. The molecule has 1 saturated carbocycles. The van der Waals surface area contributed by atoms with Crippen molar-refractivity contribution in [2.75, 3.05) is 0 Å². The first-order valence-corrected chi connectivity index (χ1v) is 8.48. The van der Waals surface area contributed by atoms with E-state index in [-0.39, 0.29) is 31.1 Å². The maximum absolute atomic E-state index is 12.5.